The summed E-state index contributed by atoms with van der Waals surface area (Å²) < 4.78 is 36.9. The van der Waals surface area contributed by atoms with Gasteiger partial charge in [0.1, 0.15) is 5.82 Å². The highest BCUT2D eigenvalue weighted by atomic mass is 32.2. The van der Waals surface area contributed by atoms with Crippen molar-refractivity contribution in [2.45, 2.75) is 30.7 Å². The van der Waals surface area contributed by atoms with E-state index in [1.165, 1.54) is 29.4 Å². The molecule has 0 aromatic heterocycles. The molecule has 0 heterocycles. The number of guanidine groups is 1. The fraction of sp³-hybridized carbons (Fsp3) is 0.350. The predicted octanol–water partition coefficient (Wildman–Crippen LogP) is 3.35. The molecule has 28 heavy (non-hydrogen) atoms. The number of halogens is 1. The lowest BCUT2D eigenvalue weighted by atomic mass is 10.1. The number of aliphatic imine (C=N–C) groups is 1. The normalized spacial score (nSPS) is 12.1. The summed E-state index contributed by atoms with van der Waals surface area (Å²) in [5.41, 5.74) is 2.26. The third-order valence-electron chi connectivity index (χ3n) is 3.96. The smallest absolute Gasteiger partial charge is 0.191 e. The third-order valence-corrected chi connectivity index (χ3v) is 5.53. The van der Waals surface area contributed by atoms with E-state index < -0.39 is 15.7 Å². The molecule has 0 amide bonds. The van der Waals surface area contributed by atoms with Gasteiger partial charge in [-0.3, -0.25) is 0 Å². The molecule has 2 rings (SSSR count). The molecular formula is C20H26FN3O2S2. The summed E-state index contributed by atoms with van der Waals surface area (Å²) >= 11 is 1.69. The second-order valence-electron chi connectivity index (χ2n) is 6.38. The Hall–Kier alpha value is -2.06. The van der Waals surface area contributed by atoms with Crippen molar-refractivity contribution in [3.8, 4) is 0 Å². The van der Waals surface area contributed by atoms with Crippen LogP contribution in [0.2, 0.25) is 0 Å². The molecule has 0 spiro atoms. The molecular weight excluding hydrogens is 397 g/mol. The zero-order valence-electron chi connectivity index (χ0n) is 16.3. The van der Waals surface area contributed by atoms with E-state index in [-0.39, 0.29) is 12.3 Å². The van der Waals surface area contributed by atoms with E-state index in [0.29, 0.717) is 30.2 Å². The number of thioether (sulfide) groups is 1. The summed E-state index contributed by atoms with van der Waals surface area (Å²) in [6.07, 6.45) is 3.20. The number of sulfone groups is 1. The first-order chi connectivity index (χ1) is 13.3. The summed E-state index contributed by atoms with van der Waals surface area (Å²) in [6, 6.07) is 12.3. The number of nitrogens with zero attached hydrogens (tertiary/aromatic N) is 1. The standard InChI is InChI=1S/C20H26FN3O2S2/c1-4-22-20(23-12-15-5-9-19(27-2)10-6-15)24-13-17-11-18(21)8-7-16(17)14-28(3,25)26/h5-11H,4,12-14H2,1-3H3,(H2,22,23,24). The Kier molecular flexibility index (Phi) is 8.32. The van der Waals surface area contributed by atoms with Crippen LogP contribution in [-0.2, 0) is 28.7 Å². The molecule has 2 aromatic carbocycles. The van der Waals surface area contributed by atoms with Crippen LogP contribution in [0.1, 0.15) is 23.6 Å². The maximum Gasteiger partial charge on any atom is 0.191 e. The van der Waals surface area contributed by atoms with Crippen LogP contribution in [0.25, 0.3) is 0 Å². The predicted molar refractivity (Wildman–Crippen MR) is 115 cm³/mol. The van der Waals surface area contributed by atoms with Gasteiger partial charge in [-0.05, 0) is 54.1 Å². The molecule has 5 nitrogen and oxygen atoms in total. The fourth-order valence-electron chi connectivity index (χ4n) is 2.60. The van der Waals surface area contributed by atoms with Gasteiger partial charge in [0, 0.05) is 24.2 Å². The quantitative estimate of drug-likeness (QED) is 0.387. The van der Waals surface area contributed by atoms with Gasteiger partial charge in [-0.25, -0.2) is 17.8 Å². The van der Waals surface area contributed by atoms with Crippen LogP contribution in [0.5, 0.6) is 0 Å². The van der Waals surface area contributed by atoms with Crippen molar-refractivity contribution in [1.29, 1.82) is 0 Å². The van der Waals surface area contributed by atoms with Gasteiger partial charge in [0.05, 0.1) is 12.3 Å². The van der Waals surface area contributed by atoms with Gasteiger partial charge in [0.2, 0.25) is 0 Å². The molecule has 8 heteroatoms. The minimum atomic E-state index is -3.21. The van der Waals surface area contributed by atoms with Gasteiger partial charge >= 0.3 is 0 Å². The Labute approximate surface area is 170 Å². The molecule has 0 aliphatic heterocycles. The van der Waals surface area contributed by atoms with Crippen LogP contribution in [0.15, 0.2) is 52.4 Å². The van der Waals surface area contributed by atoms with Crippen LogP contribution < -0.4 is 10.6 Å². The molecule has 2 aromatic rings. The van der Waals surface area contributed by atoms with Gasteiger partial charge in [0.15, 0.2) is 15.8 Å². The van der Waals surface area contributed by atoms with E-state index in [0.717, 1.165) is 5.56 Å². The monoisotopic (exact) mass is 423 g/mol. The molecule has 0 atom stereocenters. The minimum absolute atomic E-state index is 0.125. The molecule has 0 fully saturated rings. The molecule has 0 saturated heterocycles. The lowest BCUT2D eigenvalue weighted by Gasteiger charge is -2.14. The molecule has 0 radical (unpaired) electrons. The lowest BCUT2D eigenvalue weighted by Crippen LogP contribution is -2.37. The number of rotatable bonds is 8. The number of hydrogen-bond acceptors (Lipinski definition) is 4. The van der Waals surface area contributed by atoms with Crippen LogP contribution >= 0.6 is 11.8 Å². The fourth-order valence-corrected chi connectivity index (χ4v) is 3.86. The SMILES string of the molecule is CCNC(=NCc1ccc(SC)cc1)NCc1cc(F)ccc1CS(C)(=O)=O. The van der Waals surface area contributed by atoms with E-state index in [2.05, 4.69) is 27.8 Å². The van der Waals surface area contributed by atoms with Crippen molar-refractivity contribution in [2.75, 3.05) is 19.1 Å². The van der Waals surface area contributed by atoms with Crippen molar-refractivity contribution in [3.63, 3.8) is 0 Å². The second kappa shape index (κ2) is 10.5. The summed E-state index contributed by atoms with van der Waals surface area (Å²) in [5, 5.41) is 6.31. The Morgan fingerprint density at radius 3 is 2.43 bits per heavy atom. The van der Waals surface area contributed by atoms with E-state index in [4.69, 9.17) is 0 Å². The lowest BCUT2D eigenvalue weighted by molar-refractivity contribution is 0.599. The van der Waals surface area contributed by atoms with Crippen molar-refractivity contribution in [2.24, 2.45) is 4.99 Å². The van der Waals surface area contributed by atoms with Crippen molar-refractivity contribution < 1.29 is 12.8 Å². The molecule has 152 valence electrons. The first-order valence-electron chi connectivity index (χ1n) is 8.91. The Morgan fingerprint density at radius 1 is 1.11 bits per heavy atom. The van der Waals surface area contributed by atoms with E-state index in [1.807, 2.05) is 25.3 Å². The summed E-state index contributed by atoms with van der Waals surface area (Å²) in [7, 11) is -3.21. The number of hydrogen-bond donors (Lipinski definition) is 2. The van der Waals surface area contributed by atoms with Crippen LogP contribution in [0, 0.1) is 5.82 Å². The van der Waals surface area contributed by atoms with Gasteiger partial charge in [-0.15, -0.1) is 11.8 Å². The van der Waals surface area contributed by atoms with Gasteiger partial charge in [0.25, 0.3) is 0 Å². The summed E-state index contributed by atoms with van der Waals surface area (Å²) in [4.78, 5) is 5.75. The molecule has 2 N–H and O–H groups in total. The van der Waals surface area contributed by atoms with Crippen LogP contribution in [0.3, 0.4) is 0 Å². The van der Waals surface area contributed by atoms with Gasteiger partial charge in [-0.1, -0.05) is 18.2 Å². The first kappa shape index (κ1) is 22.2. The summed E-state index contributed by atoms with van der Waals surface area (Å²) in [6.45, 7) is 3.42. The average molecular weight is 424 g/mol. The zero-order valence-corrected chi connectivity index (χ0v) is 18.0. The van der Waals surface area contributed by atoms with Gasteiger partial charge < -0.3 is 10.6 Å². The number of benzene rings is 2. The maximum absolute atomic E-state index is 13.7. The molecule has 0 aliphatic carbocycles. The van der Waals surface area contributed by atoms with E-state index >= 15 is 0 Å². The van der Waals surface area contributed by atoms with Gasteiger partial charge in [-0.2, -0.15) is 0 Å². The van der Waals surface area contributed by atoms with Crippen LogP contribution in [0.4, 0.5) is 4.39 Å². The Balaban J connectivity index is 2.10. The molecule has 0 unspecified atom stereocenters. The average Bonchev–Trinajstić information content (AvgIpc) is 2.65. The van der Waals surface area contributed by atoms with Crippen LogP contribution in [-0.4, -0.2) is 33.4 Å². The summed E-state index contributed by atoms with van der Waals surface area (Å²) in [5.74, 6) is 0.0654. The Bertz CT molecular complexity index is 914. The highest BCUT2D eigenvalue weighted by Gasteiger charge is 2.11. The molecule has 0 aliphatic rings. The Morgan fingerprint density at radius 2 is 1.82 bits per heavy atom. The largest absolute Gasteiger partial charge is 0.357 e. The van der Waals surface area contributed by atoms with E-state index in [1.54, 1.807) is 11.8 Å². The highest BCUT2D eigenvalue weighted by Crippen LogP contribution is 2.16. The minimum Gasteiger partial charge on any atom is -0.357 e. The van der Waals surface area contributed by atoms with Crippen molar-refractivity contribution in [3.05, 3.63) is 65.0 Å². The first-order valence-corrected chi connectivity index (χ1v) is 12.2. The highest BCUT2D eigenvalue weighted by molar-refractivity contribution is 7.98. The zero-order chi connectivity index (χ0) is 20.6. The third kappa shape index (κ3) is 7.52. The number of nitrogens with one attached hydrogen (secondary N) is 2. The van der Waals surface area contributed by atoms with Crippen molar-refractivity contribution in [1.82, 2.24) is 10.6 Å². The topological polar surface area (TPSA) is 70.6 Å². The van der Waals surface area contributed by atoms with E-state index in [9.17, 15) is 12.8 Å². The van der Waals surface area contributed by atoms with Crippen molar-refractivity contribution >= 4 is 27.6 Å². The molecule has 0 bridgehead atoms. The maximum atomic E-state index is 13.7. The second-order valence-corrected chi connectivity index (χ2v) is 9.40. The molecule has 0 saturated carbocycles.